The number of fused-ring (bicyclic) bond motifs is 2. The lowest BCUT2D eigenvalue weighted by Crippen LogP contribution is -2.57. The molecule has 26 heavy (non-hydrogen) atoms. The Morgan fingerprint density at radius 1 is 0.962 bits per heavy atom. The van der Waals surface area contributed by atoms with Gasteiger partial charge >= 0.3 is 0 Å². The minimum absolute atomic E-state index is 0.168. The predicted molar refractivity (Wildman–Crippen MR) is 101 cm³/mol. The number of hydrogen-bond donors (Lipinski definition) is 1. The average Bonchev–Trinajstić information content (AvgIpc) is 2.65. The van der Waals surface area contributed by atoms with Crippen molar-refractivity contribution in [2.24, 2.45) is 5.92 Å². The molecule has 2 bridgehead atoms. The van der Waals surface area contributed by atoms with E-state index in [-0.39, 0.29) is 11.7 Å². The summed E-state index contributed by atoms with van der Waals surface area (Å²) in [6.45, 7) is 0.902. The number of halogens is 1. The molecule has 3 nitrogen and oxygen atoms in total. The molecule has 1 aromatic rings. The first-order chi connectivity index (χ1) is 12.7. The SMILES string of the molecule is O=C(NC1CC2CCCC(C1)N2Cc1ccc(F)cc1)C1CCCCC1. The third-order valence-corrected chi connectivity index (χ3v) is 6.73. The number of rotatable bonds is 4. The van der Waals surface area contributed by atoms with Crippen LogP contribution in [0.25, 0.3) is 0 Å². The molecule has 1 aromatic carbocycles. The third kappa shape index (κ3) is 4.11. The van der Waals surface area contributed by atoms with E-state index in [1.54, 1.807) is 12.1 Å². The summed E-state index contributed by atoms with van der Waals surface area (Å²) in [4.78, 5) is 15.2. The quantitative estimate of drug-likeness (QED) is 0.865. The van der Waals surface area contributed by atoms with Crippen LogP contribution in [-0.4, -0.2) is 28.9 Å². The first kappa shape index (κ1) is 18.0. The first-order valence-electron chi connectivity index (χ1n) is 10.5. The van der Waals surface area contributed by atoms with E-state index in [9.17, 15) is 9.18 Å². The lowest BCUT2D eigenvalue weighted by molar-refractivity contribution is -0.127. The van der Waals surface area contributed by atoms with Gasteiger partial charge in [-0.1, -0.05) is 37.8 Å². The molecule has 2 saturated heterocycles. The number of benzene rings is 1. The molecule has 1 saturated carbocycles. The van der Waals surface area contributed by atoms with E-state index in [1.807, 2.05) is 12.1 Å². The highest BCUT2D eigenvalue weighted by molar-refractivity contribution is 5.79. The van der Waals surface area contributed by atoms with Gasteiger partial charge in [0.15, 0.2) is 0 Å². The molecule has 1 amide bonds. The second kappa shape index (κ2) is 8.08. The van der Waals surface area contributed by atoms with Gasteiger partial charge in [0.25, 0.3) is 0 Å². The summed E-state index contributed by atoms with van der Waals surface area (Å²) in [6.07, 6.45) is 11.7. The maximum absolute atomic E-state index is 13.2. The zero-order chi connectivity index (χ0) is 17.9. The summed E-state index contributed by atoms with van der Waals surface area (Å²) in [7, 11) is 0. The molecule has 2 aliphatic heterocycles. The van der Waals surface area contributed by atoms with E-state index in [0.717, 1.165) is 32.2 Å². The highest BCUT2D eigenvalue weighted by Crippen LogP contribution is 2.35. The smallest absolute Gasteiger partial charge is 0.223 e. The molecule has 0 spiro atoms. The fourth-order valence-electron chi connectivity index (χ4n) is 5.34. The summed E-state index contributed by atoms with van der Waals surface area (Å²) in [5.41, 5.74) is 1.19. The van der Waals surface area contributed by atoms with Crippen LogP contribution in [0.3, 0.4) is 0 Å². The molecular weight excluding hydrogens is 327 g/mol. The van der Waals surface area contributed by atoms with Gasteiger partial charge in [-0.25, -0.2) is 4.39 Å². The van der Waals surface area contributed by atoms with Gasteiger partial charge in [0, 0.05) is 30.6 Å². The van der Waals surface area contributed by atoms with Gasteiger partial charge in [-0.2, -0.15) is 0 Å². The zero-order valence-electron chi connectivity index (χ0n) is 15.6. The summed E-state index contributed by atoms with van der Waals surface area (Å²) in [5.74, 6) is 0.388. The first-order valence-corrected chi connectivity index (χ1v) is 10.5. The topological polar surface area (TPSA) is 32.3 Å². The minimum atomic E-state index is -0.168. The molecule has 0 radical (unpaired) electrons. The van der Waals surface area contributed by atoms with Gasteiger partial charge in [0.2, 0.25) is 5.91 Å². The Bertz CT molecular complexity index is 597. The van der Waals surface area contributed by atoms with E-state index in [0.29, 0.717) is 24.0 Å². The second-order valence-corrected chi connectivity index (χ2v) is 8.55. The highest BCUT2D eigenvalue weighted by atomic mass is 19.1. The molecule has 2 atom stereocenters. The lowest BCUT2D eigenvalue weighted by atomic mass is 9.81. The summed E-state index contributed by atoms with van der Waals surface area (Å²) in [5, 5.41) is 3.39. The Kier molecular flexibility index (Phi) is 5.58. The molecule has 0 aromatic heterocycles. The average molecular weight is 359 g/mol. The fourth-order valence-corrected chi connectivity index (χ4v) is 5.34. The number of hydrogen-bond acceptors (Lipinski definition) is 2. The predicted octanol–water partition coefficient (Wildman–Crippen LogP) is 4.41. The largest absolute Gasteiger partial charge is 0.353 e. The molecule has 4 rings (SSSR count). The Morgan fingerprint density at radius 3 is 2.27 bits per heavy atom. The molecule has 1 aliphatic carbocycles. The molecule has 4 heteroatoms. The molecule has 2 unspecified atom stereocenters. The van der Waals surface area contributed by atoms with E-state index in [2.05, 4.69) is 10.2 Å². The van der Waals surface area contributed by atoms with Crippen molar-refractivity contribution in [2.75, 3.05) is 0 Å². The van der Waals surface area contributed by atoms with Gasteiger partial charge in [-0.15, -0.1) is 0 Å². The van der Waals surface area contributed by atoms with Gasteiger partial charge in [-0.05, 0) is 56.2 Å². The summed E-state index contributed by atoms with van der Waals surface area (Å²) >= 11 is 0. The maximum atomic E-state index is 13.2. The van der Waals surface area contributed by atoms with Gasteiger partial charge < -0.3 is 5.32 Å². The van der Waals surface area contributed by atoms with Gasteiger partial charge in [0.05, 0.1) is 0 Å². The van der Waals surface area contributed by atoms with E-state index in [1.165, 1.54) is 44.1 Å². The maximum Gasteiger partial charge on any atom is 0.223 e. The van der Waals surface area contributed by atoms with E-state index < -0.39 is 0 Å². The monoisotopic (exact) mass is 358 g/mol. The van der Waals surface area contributed by atoms with Crippen molar-refractivity contribution >= 4 is 5.91 Å². The summed E-state index contributed by atoms with van der Waals surface area (Å²) in [6, 6.07) is 8.35. The Balaban J connectivity index is 1.36. The highest BCUT2D eigenvalue weighted by Gasteiger charge is 2.39. The van der Waals surface area contributed by atoms with Crippen LogP contribution in [0.2, 0.25) is 0 Å². The van der Waals surface area contributed by atoms with Crippen molar-refractivity contribution in [2.45, 2.75) is 88.9 Å². The number of piperidine rings is 2. The normalized spacial score (nSPS) is 30.1. The third-order valence-electron chi connectivity index (χ3n) is 6.73. The van der Waals surface area contributed by atoms with Crippen LogP contribution in [-0.2, 0) is 11.3 Å². The molecule has 3 aliphatic rings. The van der Waals surface area contributed by atoms with Crippen molar-refractivity contribution < 1.29 is 9.18 Å². The lowest BCUT2D eigenvalue weighted by Gasteiger charge is -2.49. The van der Waals surface area contributed by atoms with E-state index >= 15 is 0 Å². The van der Waals surface area contributed by atoms with Gasteiger partial charge in [0.1, 0.15) is 5.82 Å². The van der Waals surface area contributed by atoms with Crippen LogP contribution >= 0.6 is 0 Å². The van der Waals surface area contributed by atoms with Crippen molar-refractivity contribution in [3.63, 3.8) is 0 Å². The van der Waals surface area contributed by atoms with E-state index in [4.69, 9.17) is 0 Å². The second-order valence-electron chi connectivity index (χ2n) is 8.55. The molecular formula is C22H31FN2O. The van der Waals surface area contributed by atoms with Crippen molar-refractivity contribution in [1.29, 1.82) is 0 Å². The van der Waals surface area contributed by atoms with Crippen LogP contribution in [0.1, 0.15) is 69.8 Å². The fraction of sp³-hybridized carbons (Fsp3) is 0.682. The van der Waals surface area contributed by atoms with Crippen molar-refractivity contribution in [3.05, 3.63) is 35.6 Å². The Labute approximate surface area is 156 Å². The Morgan fingerprint density at radius 2 is 1.62 bits per heavy atom. The summed E-state index contributed by atoms with van der Waals surface area (Å²) < 4.78 is 13.2. The standard InChI is InChI=1S/C22H31FN2O/c23-18-11-9-16(10-12-18)15-25-20-7-4-8-21(25)14-19(13-20)24-22(26)17-5-2-1-3-6-17/h9-12,17,19-21H,1-8,13-15H2,(H,24,26). The van der Waals surface area contributed by atoms with Crippen LogP contribution in [0.4, 0.5) is 4.39 Å². The zero-order valence-corrected chi connectivity index (χ0v) is 15.6. The molecule has 3 fully saturated rings. The van der Waals surface area contributed by atoms with Crippen molar-refractivity contribution in [1.82, 2.24) is 10.2 Å². The number of nitrogens with one attached hydrogen (secondary N) is 1. The number of amides is 1. The number of carbonyl (C=O) groups is 1. The number of nitrogens with zero attached hydrogens (tertiary/aromatic N) is 1. The van der Waals surface area contributed by atoms with Crippen LogP contribution in [0, 0.1) is 11.7 Å². The minimum Gasteiger partial charge on any atom is -0.353 e. The Hall–Kier alpha value is -1.42. The van der Waals surface area contributed by atoms with Crippen LogP contribution in [0.5, 0.6) is 0 Å². The number of carbonyl (C=O) groups excluding carboxylic acids is 1. The van der Waals surface area contributed by atoms with Crippen LogP contribution in [0.15, 0.2) is 24.3 Å². The molecule has 1 N–H and O–H groups in total. The van der Waals surface area contributed by atoms with Crippen molar-refractivity contribution in [3.8, 4) is 0 Å². The molecule has 2 heterocycles. The van der Waals surface area contributed by atoms with Gasteiger partial charge in [-0.3, -0.25) is 9.69 Å². The van der Waals surface area contributed by atoms with Crippen LogP contribution < -0.4 is 5.32 Å². The molecule has 142 valence electrons.